The van der Waals surface area contributed by atoms with E-state index in [9.17, 15) is 0 Å². The Balaban J connectivity index is 1.22. The predicted octanol–water partition coefficient (Wildman–Crippen LogP) is 11.5. The smallest absolute Gasteiger partial charge is 0.399 e. The minimum Gasteiger partial charge on any atom is -0.399 e. The molecule has 0 radical (unpaired) electrons. The second-order valence-corrected chi connectivity index (χ2v) is 15.2. The van der Waals surface area contributed by atoms with Crippen molar-refractivity contribution in [1.29, 1.82) is 0 Å². The molecule has 0 N–H and O–H groups in total. The van der Waals surface area contributed by atoms with Gasteiger partial charge in [0, 0.05) is 17.1 Å². The van der Waals surface area contributed by atoms with Crippen molar-refractivity contribution < 1.29 is 9.31 Å². The zero-order valence-electron chi connectivity index (χ0n) is 30.7. The summed E-state index contributed by atoms with van der Waals surface area (Å²) in [4.78, 5) is 2.37. The minimum atomic E-state index is -0.492. The van der Waals surface area contributed by atoms with Crippen LogP contribution in [0.5, 0.6) is 0 Å². The van der Waals surface area contributed by atoms with Crippen LogP contribution in [0.3, 0.4) is 0 Å². The van der Waals surface area contributed by atoms with Gasteiger partial charge < -0.3 is 14.2 Å². The van der Waals surface area contributed by atoms with Gasteiger partial charge in [0.05, 0.1) is 16.6 Å². The van der Waals surface area contributed by atoms with Crippen LogP contribution in [-0.2, 0) is 14.7 Å². The summed E-state index contributed by atoms with van der Waals surface area (Å²) in [7, 11) is -0.427. The molecule has 3 nitrogen and oxygen atoms in total. The second-order valence-electron chi connectivity index (χ2n) is 15.2. The Kier molecular flexibility index (Phi) is 8.00. The number of fused-ring (bicyclic) bond motifs is 3. The zero-order chi connectivity index (χ0) is 36.2. The van der Waals surface area contributed by atoms with Crippen LogP contribution in [0.25, 0.3) is 22.3 Å². The van der Waals surface area contributed by atoms with E-state index in [1.807, 2.05) is 0 Å². The molecule has 53 heavy (non-hydrogen) atoms. The molecule has 0 aromatic heterocycles. The molecule has 1 fully saturated rings. The second kappa shape index (κ2) is 12.8. The number of rotatable bonds is 7. The van der Waals surface area contributed by atoms with E-state index in [1.54, 1.807) is 0 Å². The Hall–Kier alpha value is -5.68. The quantitative estimate of drug-likeness (QED) is 0.156. The van der Waals surface area contributed by atoms with Crippen molar-refractivity contribution >= 4 is 29.6 Å². The van der Waals surface area contributed by atoms with Gasteiger partial charge in [0.15, 0.2) is 0 Å². The molecular formula is C49H42BNO2. The third-order valence-electron chi connectivity index (χ3n) is 11.6. The van der Waals surface area contributed by atoms with Crippen molar-refractivity contribution in [3.8, 4) is 22.3 Å². The van der Waals surface area contributed by atoms with Gasteiger partial charge in [0.25, 0.3) is 0 Å². The number of nitrogens with zero attached hydrogens (tertiary/aromatic N) is 1. The van der Waals surface area contributed by atoms with Gasteiger partial charge >= 0.3 is 7.12 Å². The first-order chi connectivity index (χ1) is 25.8. The predicted molar refractivity (Wildman–Crippen MR) is 220 cm³/mol. The molecule has 0 spiro atoms. The molecule has 258 valence electrons. The summed E-state index contributed by atoms with van der Waals surface area (Å²) < 4.78 is 12.9. The fourth-order valence-corrected chi connectivity index (χ4v) is 8.21. The number of anilines is 3. The summed E-state index contributed by atoms with van der Waals surface area (Å²) in [6.07, 6.45) is 0. The van der Waals surface area contributed by atoms with E-state index in [0.29, 0.717) is 0 Å². The average molecular weight is 688 g/mol. The Morgan fingerprint density at radius 1 is 0.415 bits per heavy atom. The van der Waals surface area contributed by atoms with Gasteiger partial charge in [-0.05, 0) is 114 Å². The number of hydrogen-bond acceptors (Lipinski definition) is 3. The molecule has 0 amide bonds. The van der Waals surface area contributed by atoms with E-state index in [2.05, 4.69) is 215 Å². The molecule has 0 unspecified atom stereocenters. The largest absolute Gasteiger partial charge is 0.494 e. The summed E-state index contributed by atoms with van der Waals surface area (Å²) in [5, 5.41) is 0. The highest BCUT2D eigenvalue weighted by Crippen LogP contribution is 2.57. The lowest BCUT2D eigenvalue weighted by Gasteiger charge is -2.35. The highest BCUT2D eigenvalue weighted by Gasteiger charge is 2.52. The molecule has 1 aliphatic heterocycles. The summed E-state index contributed by atoms with van der Waals surface area (Å²) >= 11 is 0. The molecule has 2 aliphatic rings. The maximum absolute atomic E-state index is 6.43. The summed E-state index contributed by atoms with van der Waals surface area (Å²) in [6, 6.07) is 66.0. The molecule has 0 atom stereocenters. The third-order valence-corrected chi connectivity index (χ3v) is 11.6. The van der Waals surface area contributed by atoms with Crippen LogP contribution in [-0.4, -0.2) is 18.3 Å². The van der Waals surface area contributed by atoms with Gasteiger partial charge in [-0.1, -0.05) is 146 Å². The Morgan fingerprint density at radius 3 is 1.45 bits per heavy atom. The van der Waals surface area contributed by atoms with E-state index >= 15 is 0 Å². The van der Waals surface area contributed by atoms with Crippen LogP contribution >= 0.6 is 0 Å². The molecule has 1 aliphatic carbocycles. The molecule has 0 bridgehead atoms. The number of benzene rings is 7. The van der Waals surface area contributed by atoms with Gasteiger partial charge in [-0.15, -0.1) is 0 Å². The lowest BCUT2D eigenvalue weighted by atomic mass is 9.67. The first-order valence-electron chi connectivity index (χ1n) is 18.5. The van der Waals surface area contributed by atoms with E-state index in [4.69, 9.17) is 9.31 Å². The van der Waals surface area contributed by atoms with Crippen molar-refractivity contribution in [3.05, 3.63) is 204 Å². The molecule has 7 aromatic carbocycles. The summed E-state index contributed by atoms with van der Waals surface area (Å²) in [5.41, 5.74) is 12.9. The van der Waals surface area contributed by atoms with E-state index in [0.717, 1.165) is 22.5 Å². The SMILES string of the molecule is CC1(C)OB(c2ccc(N(c3ccc(-c4ccccc4)cc3)c3ccc4c(c3)C(c3ccccc3)(c3ccccc3)c3ccccc3-4)cc2)OC1(C)C. The first-order valence-corrected chi connectivity index (χ1v) is 18.5. The molecular weight excluding hydrogens is 645 g/mol. The maximum Gasteiger partial charge on any atom is 0.494 e. The summed E-state index contributed by atoms with van der Waals surface area (Å²) in [6.45, 7) is 8.39. The van der Waals surface area contributed by atoms with Gasteiger partial charge in [0.2, 0.25) is 0 Å². The van der Waals surface area contributed by atoms with Crippen LogP contribution in [0.1, 0.15) is 49.9 Å². The fourth-order valence-electron chi connectivity index (χ4n) is 8.21. The monoisotopic (exact) mass is 687 g/mol. The first kappa shape index (κ1) is 33.2. The van der Waals surface area contributed by atoms with Crippen molar-refractivity contribution in [1.82, 2.24) is 0 Å². The summed E-state index contributed by atoms with van der Waals surface area (Å²) in [5.74, 6) is 0. The zero-order valence-corrected chi connectivity index (χ0v) is 30.7. The maximum atomic E-state index is 6.43. The molecule has 4 heteroatoms. The lowest BCUT2D eigenvalue weighted by molar-refractivity contribution is 0.00578. The molecule has 1 heterocycles. The standard InChI is InChI=1S/C49H42BNO2/c1-47(2)48(3,4)53-50(52-47)39-26-30-41(31-27-39)51(40-28-24-36(25-29-40)35-16-8-5-9-17-35)42-32-33-44-43-22-14-15-23-45(43)49(46(44)34-42,37-18-10-6-11-19-37)38-20-12-7-13-21-38/h5-34H,1-4H3. The van der Waals surface area contributed by atoms with Crippen molar-refractivity contribution in [2.24, 2.45) is 0 Å². The molecule has 7 aromatic rings. The Morgan fingerprint density at radius 2 is 0.868 bits per heavy atom. The van der Waals surface area contributed by atoms with E-state index in [-0.39, 0.29) is 0 Å². The fraction of sp³-hybridized carbons (Fsp3) is 0.143. The van der Waals surface area contributed by atoms with Gasteiger partial charge in [-0.25, -0.2) is 0 Å². The highest BCUT2D eigenvalue weighted by molar-refractivity contribution is 6.62. The van der Waals surface area contributed by atoms with Crippen molar-refractivity contribution in [2.75, 3.05) is 4.90 Å². The number of hydrogen-bond donors (Lipinski definition) is 0. The Labute approximate surface area is 313 Å². The van der Waals surface area contributed by atoms with Crippen LogP contribution in [0.15, 0.2) is 182 Å². The van der Waals surface area contributed by atoms with E-state index < -0.39 is 23.7 Å². The van der Waals surface area contributed by atoms with E-state index in [1.165, 1.54) is 44.5 Å². The Bertz CT molecular complexity index is 2330. The minimum absolute atomic E-state index is 0.408. The lowest BCUT2D eigenvalue weighted by Crippen LogP contribution is -2.41. The van der Waals surface area contributed by atoms with Gasteiger partial charge in [-0.3, -0.25) is 0 Å². The van der Waals surface area contributed by atoms with Crippen LogP contribution in [0, 0.1) is 0 Å². The van der Waals surface area contributed by atoms with Crippen LogP contribution < -0.4 is 10.4 Å². The highest BCUT2D eigenvalue weighted by atomic mass is 16.7. The average Bonchev–Trinajstić information content (AvgIpc) is 3.62. The van der Waals surface area contributed by atoms with Crippen LogP contribution in [0.2, 0.25) is 0 Å². The van der Waals surface area contributed by atoms with Crippen molar-refractivity contribution in [2.45, 2.75) is 44.3 Å². The molecule has 9 rings (SSSR count). The molecule has 0 saturated carbocycles. The van der Waals surface area contributed by atoms with Crippen molar-refractivity contribution in [3.63, 3.8) is 0 Å². The third kappa shape index (κ3) is 5.44. The topological polar surface area (TPSA) is 21.7 Å². The normalized spacial score (nSPS) is 16.2. The van der Waals surface area contributed by atoms with Gasteiger partial charge in [-0.2, -0.15) is 0 Å². The van der Waals surface area contributed by atoms with Gasteiger partial charge in [0.1, 0.15) is 0 Å². The van der Waals surface area contributed by atoms with Crippen LogP contribution in [0.4, 0.5) is 17.1 Å². The molecule has 1 saturated heterocycles.